The van der Waals surface area contributed by atoms with Gasteiger partial charge in [-0.25, -0.2) is 4.79 Å². The molecule has 21 heavy (non-hydrogen) atoms. The molecule has 2 aromatic rings. The van der Waals surface area contributed by atoms with Crippen LogP contribution in [0.4, 0.5) is 10.5 Å². The Morgan fingerprint density at radius 3 is 3.00 bits per heavy atom. The summed E-state index contributed by atoms with van der Waals surface area (Å²) in [6.45, 7) is 7.26. The second-order valence-corrected chi connectivity index (χ2v) is 5.69. The number of benzene rings is 1. The number of nitrogens with one attached hydrogen (secondary N) is 2. The monoisotopic (exact) mass is 287 g/mol. The molecular weight excluding hydrogens is 266 g/mol. The smallest absolute Gasteiger partial charge is 0.322 e. The predicted molar refractivity (Wildman–Crippen MR) is 83.6 cm³/mol. The molecule has 5 nitrogen and oxygen atoms in total. The van der Waals surface area contributed by atoms with E-state index in [-0.39, 0.29) is 18.2 Å². The van der Waals surface area contributed by atoms with Crippen molar-refractivity contribution in [3.05, 3.63) is 30.0 Å². The Labute approximate surface area is 124 Å². The van der Waals surface area contributed by atoms with Crippen molar-refractivity contribution in [3.8, 4) is 0 Å². The van der Waals surface area contributed by atoms with E-state index in [0.29, 0.717) is 13.2 Å². The van der Waals surface area contributed by atoms with Crippen LogP contribution in [0.1, 0.15) is 19.5 Å². The fourth-order valence-electron chi connectivity index (χ4n) is 2.77. The normalized spacial score (nSPS) is 22.5. The highest BCUT2D eigenvalue weighted by molar-refractivity contribution is 5.93. The summed E-state index contributed by atoms with van der Waals surface area (Å²) in [4.78, 5) is 17.5. The van der Waals surface area contributed by atoms with Crippen LogP contribution in [0.2, 0.25) is 0 Å². The molecule has 1 aliphatic rings. The van der Waals surface area contributed by atoms with Crippen LogP contribution >= 0.6 is 0 Å². The van der Waals surface area contributed by atoms with Crippen molar-refractivity contribution >= 4 is 22.6 Å². The first-order valence-corrected chi connectivity index (χ1v) is 7.33. The first-order chi connectivity index (χ1) is 10.0. The van der Waals surface area contributed by atoms with E-state index in [0.717, 1.165) is 22.3 Å². The summed E-state index contributed by atoms with van der Waals surface area (Å²) in [6, 6.07) is 7.99. The number of ether oxygens (including phenoxy) is 1. The Bertz CT molecular complexity index is 665. The van der Waals surface area contributed by atoms with Gasteiger partial charge in [-0.2, -0.15) is 0 Å². The van der Waals surface area contributed by atoms with E-state index < -0.39 is 0 Å². The topological polar surface area (TPSA) is 57.4 Å². The number of amides is 2. The molecule has 2 amide bonds. The maximum absolute atomic E-state index is 12.4. The third-order valence-electron chi connectivity index (χ3n) is 4.15. The zero-order valence-electron chi connectivity index (χ0n) is 12.6. The minimum Gasteiger partial charge on any atom is -0.375 e. The summed E-state index contributed by atoms with van der Waals surface area (Å²) in [5.41, 5.74) is 3.01. The van der Waals surface area contributed by atoms with Gasteiger partial charge in [-0.05, 0) is 45.0 Å². The lowest BCUT2D eigenvalue weighted by molar-refractivity contribution is -0.0355. The van der Waals surface area contributed by atoms with Crippen LogP contribution in [0, 0.1) is 6.92 Å². The SMILES string of the molecule is Cc1cc2cc(NC(=O)N3CCOC(C)C3C)ccc2[nH]1. The summed E-state index contributed by atoms with van der Waals surface area (Å²) >= 11 is 0. The number of urea groups is 1. The van der Waals surface area contributed by atoms with Gasteiger partial charge in [0.05, 0.1) is 18.8 Å². The zero-order valence-corrected chi connectivity index (χ0v) is 12.6. The Morgan fingerprint density at radius 1 is 1.38 bits per heavy atom. The lowest BCUT2D eigenvalue weighted by Gasteiger charge is -2.37. The average Bonchev–Trinajstić information content (AvgIpc) is 2.81. The first kappa shape index (κ1) is 13.9. The summed E-state index contributed by atoms with van der Waals surface area (Å²) in [6.07, 6.45) is 0.0688. The molecule has 2 unspecified atom stereocenters. The maximum atomic E-state index is 12.4. The number of aryl methyl sites for hydroxylation is 1. The van der Waals surface area contributed by atoms with Gasteiger partial charge in [0.1, 0.15) is 0 Å². The van der Waals surface area contributed by atoms with E-state index in [9.17, 15) is 4.79 Å². The highest BCUT2D eigenvalue weighted by atomic mass is 16.5. The second kappa shape index (κ2) is 5.41. The number of H-pyrrole nitrogens is 1. The number of fused-ring (bicyclic) bond motifs is 1. The van der Waals surface area contributed by atoms with Gasteiger partial charge < -0.3 is 19.9 Å². The summed E-state index contributed by atoms with van der Waals surface area (Å²) in [5, 5.41) is 4.09. The lowest BCUT2D eigenvalue weighted by atomic mass is 10.1. The van der Waals surface area contributed by atoms with Crippen molar-refractivity contribution < 1.29 is 9.53 Å². The Morgan fingerprint density at radius 2 is 2.19 bits per heavy atom. The van der Waals surface area contributed by atoms with Crippen LogP contribution in [0.25, 0.3) is 10.9 Å². The molecule has 1 aliphatic heterocycles. The quantitative estimate of drug-likeness (QED) is 0.846. The van der Waals surface area contributed by atoms with Crippen LogP contribution < -0.4 is 5.32 Å². The van der Waals surface area contributed by atoms with Crippen LogP contribution in [-0.2, 0) is 4.74 Å². The Balaban J connectivity index is 1.76. The Hall–Kier alpha value is -2.01. The largest absolute Gasteiger partial charge is 0.375 e. The Kier molecular flexibility index (Phi) is 3.59. The molecule has 1 fully saturated rings. The molecule has 2 atom stereocenters. The average molecular weight is 287 g/mol. The summed E-state index contributed by atoms with van der Waals surface area (Å²) < 4.78 is 5.56. The number of aromatic amines is 1. The number of hydrogen-bond acceptors (Lipinski definition) is 2. The first-order valence-electron chi connectivity index (χ1n) is 7.33. The third kappa shape index (κ3) is 2.74. The standard InChI is InChI=1S/C16H21N3O2/c1-10-8-13-9-14(4-5-15(13)17-10)18-16(20)19-6-7-21-12(3)11(19)2/h4-5,8-9,11-12,17H,6-7H2,1-3H3,(H,18,20). The molecule has 1 aromatic heterocycles. The molecule has 3 rings (SSSR count). The number of nitrogens with zero attached hydrogens (tertiary/aromatic N) is 1. The number of carbonyl (C=O) groups is 1. The van der Waals surface area contributed by atoms with Crippen molar-refractivity contribution in [1.29, 1.82) is 0 Å². The summed E-state index contributed by atoms with van der Waals surface area (Å²) in [5.74, 6) is 0. The van der Waals surface area contributed by atoms with Crippen LogP contribution in [0.5, 0.6) is 0 Å². The number of hydrogen-bond donors (Lipinski definition) is 2. The molecule has 0 saturated carbocycles. The fourth-order valence-corrected chi connectivity index (χ4v) is 2.77. The van der Waals surface area contributed by atoms with Gasteiger partial charge in [0, 0.05) is 28.8 Å². The summed E-state index contributed by atoms with van der Waals surface area (Å²) in [7, 11) is 0. The zero-order chi connectivity index (χ0) is 15.0. The van der Waals surface area contributed by atoms with Gasteiger partial charge in [0.25, 0.3) is 0 Å². The van der Waals surface area contributed by atoms with Crippen LogP contribution in [0.3, 0.4) is 0 Å². The van der Waals surface area contributed by atoms with Crippen molar-refractivity contribution in [2.45, 2.75) is 32.9 Å². The van der Waals surface area contributed by atoms with Crippen molar-refractivity contribution in [1.82, 2.24) is 9.88 Å². The van der Waals surface area contributed by atoms with Gasteiger partial charge in [-0.3, -0.25) is 0 Å². The highest BCUT2D eigenvalue weighted by Crippen LogP contribution is 2.21. The van der Waals surface area contributed by atoms with Crippen molar-refractivity contribution in [2.75, 3.05) is 18.5 Å². The molecule has 2 heterocycles. The number of anilines is 1. The lowest BCUT2D eigenvalue weighted by Crippen LogP contribution is -2.52. The number of morpholine rings is 1. The third-order valence-corrected chi connectivity index (χ3v) is 4.15. The minimum atomic E-state index is -0.0655. The molecule has 1 saturated heterocycles. The van der Waals surface area contributed by atoms with Crippen molar-refractivity contribution in [3.63, 3.8) is 0 Å². The maximum Gasteiger partial charge on any atom is 0.322 e. The highest BCUT2D eigenvalue weighted by Gasteiger charge is 2.29. The van der Waals surface area contributed by atoms with Crippen LogP contribution in [-0.4, -0.2) is 41.2 Å². The molecule has 5 heteroatoms. The predicted octanol–water partition coefficient (Wildman–Crippen LogP) is 3.12. The van der Waals surface area contributed by atoms with E-state index >= 15 is 0 Å². The number of carbonyl (C=O) groups excluding carboxylic acids is 1. The van der Waals surface area contributed by atoms with Crippen LogP contribution in [0.15, 0.2) is 24.3 Å². The van der Waals surface area contributed by atoms with Gasteiger partial charge >= 0.3 is 6.03 Å². The van der Waals surface area contributed by atoms with E-state index in [1.54, 1.807) is 0 Å². The molecule has 112 valence electrons. The molecule has 0 radical (unpaired) electrons. The van der Waals surface area contributed by atoms with E-state index in [1.807, 2.05) is 43.9 Å². The fraction of sp³-hybridized carbons (Fsp3) is 0.438. The molecule has 0 aliphatic carbocycles. The molecule has 0 spiro atoms. The van der Waals surface area contributed by atoms with Gasteiger partial charge in [-0.15, -0.1) is 0 Å². The van der Waals surface area contributed by atoms with Gasteiger partial charge in [-0.1, -0.05) is 0 Å². The van der Waals surface area contributed by atoms with Gasteiger partial charge in [0.2, 0.25) is 0 Å². The second-order valence-electron chi connectivity index (χ2n) is 5.69. The van der Waals surface area contributed by atoms with Crippen molar-refractivity contribution in [2.24, 2.45) is 0 Å². The number of rotatable bonds is 1. The molecule has 2 N–H and O–H groups in total. The van der Waals surface area contributed by atoms with E-state index in [2.05, 4.69) is 16.4 Å². The number of aromatic nitrogens is 1. The van der Waals surface area contributed by atoms with E-state index in [4.69, 9.17) is 4.74 Å². The minimum absolute atomic E-state index is 0.0655. The van der Waals surface area contributed by atoms with Gasteiger partial charge in [0.15, 0.2) is 0 Å². The molecule has 0 bridgehead atoms. The molecular formula is C16H21N3O2. The van der Waals surface area contributed by atoms with E-state index in [1.165, 1.54) is 0 Å². The molecule has 1 aromatic carbocycles.